The van der Waals surface area contributed by atoms with E-state index in [1.807, 2.05) is 13.8 Å². The van der Waals surface area contributed by atoms with E-state index in [2.05, 4.69) is 15.0 Å². The molecule has 0 saturated heterocycles. The predicted molar refractivity (Wildman–Crippen MR) is 81.4 cm³/mol. The van der Waals surface area contributed by atoms with Gasteiger partial charge in [0.2, 0.25) is 0 Å². The first-order chi connectivity index (χ1) is 9.63. The summed E-state index contributed by atoms with van der Waals surface area (Å²) in [5.74, 6) is 2.11. The quantitative estimate of drug-likeness (QED) is 0.821. The normalized spacial score (nSPS) is 10.7. The van der Waals surface area contributed by atoms with Crippen LogP contribution in [0.5, 0.6) is 11.5 Å². The molecule has 0 atom stereocenters. The molecule has 0 aliphatic rings. The van der Waals surface area contributed by atoms with Crippen molar-refractivity contribution in [3.63, 3.8) is 0 Å². The highest BCUT2D eigenvalue weighted by Gasteiger charge is 2.12. The topological polar surface area (TPSA) is 79.1 Å². The van der Waals surface area contributed by atoms with E-state index in [0.717, 1.165) is 11.5 Å². The molecule has 0 radical (unpaired) electrons. The van der Waals surface area contributed by atoms with Gasteiger partial charge in [0, 0.05) is 6.07 Å². The maximum Gasteiger partial charge on any atom is 0.192 e. The summed E-state index contributed by atoms with van der Waals surface area (Å²) in [7, 11) is 0. The number of thioether (sulfide) groups is 2. The SMILES string of the molecule is CCSc1nc(SCC)nc(-c2ccc(O)cc2O)n1. The van der Waals surface area contributed by atoms with Gasteiger partial charge in [-0.05, 0) is 23.6 Å². The fourth-order valence-electron chi connectivity index (χ4n) is 1.55. The Morgan fingerprint density at radius 2 is 1.55 bits per heavy atom. The van der Waals surface area contributed by atoms with Gasteiger partial charge in [-0.25, -0.2) is 9.97 Å². The molecule has 2 rings (SSSR count). The molecule has 0 bridgehead atoms. The molecule has 2 aromatic rings. The lowest BCUT2D eigenvalue weighted by molar-refractivity contribution is 0.451. The van der Waals surface area contributed by atoms with Crippen LogP contribution in [0.2, 0.25) is 0 Å². The number of aromatic hydroxyl groups is 2. The van der Waals surface area contributed by atoms with Crippen molar-refractivity contribution in [2.75, 3.05) is 11.5 Å². The van der Waals surface area contributed by atoms with Crippen molar-refractivity contribution in [2.24, 2.45) is 0 Å². The van der Waals surface area contributed by atoms with Crippen LogP contribution in [0.3, 0.4) is 0 Å². The van der Waals surface area contributed by atoms with Gasteiger partial charge >= 0.3 is 0 Å². The molecule has 5 nitrogen and oxygen atoms in total. The molecular formula is C13H15N3O2S2. The van der Waals surface area contributed by atoms with Crippen molar-refractivity contribution in [1.29, 1.82) is 0 Å². The summed E-state index contributed by atoms with van der Waals surface area (Å²) < 4.78 is 0. The van der Waals surface area contributed by atoms with Gasteiger partial charge in [0.25, 0.3) is 0 Å². The van der Waals surface area contributed by atoms with E-state index in [1.54, 1.807) is 6.07 Å². The Morgan fingerprint density at radius 1 is 0.950 bits per heavy atom. The van der Waals surface area contributed by atoms with Gasteiger partial charge in [-0.15, -0.1) is 0 Å². The predicted octanol–water partition coefficient (Wildman–Crippen LogP) is 3.17. The second kappa shape index (κ2) is 6.81. The monoisotopic (exact) mass is 309 g/mol. The fraction of sp³-hybridized carbons (Fsp3) is 0.308. The van der Waals surface area contributed by atoms with Gasteiger partial charge in [-0.2, -0.15) is 4.98 Å². The van der Waals surface area contributed by atoms with Crippen molar-refractivity contribution >= 4 is 23.5 Å². The molecule has 0 spiro atoms. The fourth-order valence-corrected chi connectivity index (χ4v) is 2.73. The third kappa shape index (κ3) is 3.55. The number of phenolic OH excluding ortho intramolecular Hbond substituents is 2. The Hall–Kier alpha value is -1.47. The average molecular weight is 309 g/mol. The molecule has 0 amide bonds. The highest BCUT2D eigenvalue weighted by Crippen LogP contribution is 2.31. The summed E-state index contributed by atoms with van der Waals surface area (Å²) in [6, 6.07) is 4.37. The van der Waals surface area contributed by atoms with Crippen LogP contribution in [0.25, 0.3) is 11.4 Å². The first-order valence-electron chi connectivity index (χ1n) is 6.18. The number of hydrogen-bond acceptors (Lipinski definition) is 7. The van der Waals surface area contributed by atoms with Gasteiger partial charge in [-0.3, -0.25) is 0 Å². The van der Waals surface area contributed by atoms with Crippen molar-refractivity contribution in [2.45, 2.75) is 24.2 Å². The number of hydrogen-bond donors (Lipinski definition) is 2. The zero-order valence-corrected chi connectivity index (χ0v) is 12.8. The van der Waals surface area contributed by atoms with E-state index in [0.29, 0.717) is 21.7 Å². The minimum Gasteiger partial charge on any atom is -0.508 e. The molecule has 106 valence electrons. The first kappa shape index (κ1) is 14.9. The summed E-state index contributed by atoms with van der Waals surface area (Å²) in [4.78, 5) is 13.1. The van der Waals surface area contributed by atoms with Crippen LogP contribution in [-0.2, 0) is 0 Å². The molecule has 0 aliphatic heterocycles. The van der Waals surface area contributed by atoms with Crippen molar-refractivity contribution in [3.8, 4) is 22.9 Å². The second-order valence-corrected chi connectivity index (χ2v) is 6.25. The maximum atomic E-state index is 9.91. The van der Waals surface area contributed by atoms with Crippen LogP contribution in [0.15, 0.2) is 28.5 Å². The summed E-state index contributed by atoms with van der Waals surface area (Å²) in [5, 5.41) is 20.5. The molecule has 0 fully saturated rings. The third-order valence-corrected chi connectivity index (χ3v) is 3.82. The zero-order chi connectivity index (χ0) is 14.5. The van der Waals surface area contributed by atoms with Crippen molar-refractivity contribution in [3.05, 3.63) is 18.2 Å². The summed E-state index contributed by atoms with van der Waals surface area (Å²) in [6.07, 6.45) is 0. The number of benzene rings is 1. The largest absolute Gasteiger partial charge is 0.508 e. The molecule has 0 aliphatic carbocycles. The van der Waals surface area contributed by atoms with E-state index in [-0.39, 0.29) is 11.5 Å². The lowest BCUT2D eigenvalue weighted by Gasteiger charge is -2.07. The van der Waals surface area contributed by atoms with Crippen LogP contribution < -0.4 is 0 Å². The Morgan fingerprint density at radius 3 is 2.05 bits per heavy atom. The lowest BCUT2D eigenvalue weighted by Crippen LogP contribution is -1.98. The van der Waals surface area contributed by atoms with Crippen LogP contribution in [0.4, 0.5) is 0 Å². The Labute approximate surface area is 125 Å². The van der Waals surface area contributed by atoms with Crippen molar-refractivity contribution in [1.82, 2.24) is 15.0 Å². The van der Waals surface area contributed by atoms with E-state index in [1.165, 1.54) is 35.7 Å². The Kier molecular flexibility index (Phi) is 5.08. The van der Waals surface area contributed by atoms with Gasteiger partial charge < -0.3 is 10.2 Å². The Bertz CT molecular complexity index is 584. The maximum absolute atomic E-state index is 9.91. The summed E-state index contributed by atoms with van der Waals surface area (Å²) in [6.45, 7) is 4.05. The van der Waals surface area contributed by atoms with Gasteiger partial charge in [-0.1, -0.05) is 37.4 Å². The minimum atomic E-state index is -0.0453. The van der Waals surface area contributed by atoms with Gasteiger partial charge in [0.1, 0.15) is 11.5 Å². The molecular weight excluding hydrogens is 294 g/mol. The number of aromatic nitrogens is 3. The molecule has 7 heteroatoms. The molecule has 1 aromatic heterocycles. The number of rotatable bonds is 5. The zero-order valence-electron chi connectivity index (χ0n) is 11.2. The molecule has 0 saturated carbocycles. The van der Waals surface area contributed by atoms with Crippen LogP contribution in [0, 0.1) is 0 Å². The summed E-state index contributed by atoms with van der Waals surface area (Å²) >= 11 is 3.05. The molecule has 1 aromatic carbocycles. The highest BCUT2D eigenvalue weighted by molar-refractivity contribution is 7.99. The molecule has 20 heavy (non-hydrogen) atoms. The lowest BCUT2D eigenvalue weighted by atomic mass is 10.2. The minimum absolute atomic E-state index is 0.00613. The van der Waals surface area contributed by atoms with Crippen LogP contribution in [0.1, 0.15) is 13.8 Å². The third-order valence-electron chi connectivity index (χ3n) is 2.36. The van der Waals surface area contributed by atoms with Gasteiger partial charge in [0.15, 0.2) is 16.1 Å². The molecule has 2 N–H and O–H groups in total. The van der Waals surface area contributed by atoms with Crippen molar-refractivity contribution < 1.29 is 10.2 Å². The van der Waals surface area contributed by atoms with Crippen LogP contribution >= 0.6 is 23.5 Å². The number of phenols is 2. The highest BCUT2D eigenvalue weighted by atomic mass is 32.2. The van der Waals surface area contributed by atoms with Gasteiger partial charge in [0.05, 0.1) is 5.56 Å². The smallest absolute Gasteiger partial charge is 0.192 e. The molecule has 1 heterocycles. The van der Waals surface area contributed by atoms with E-state index >= 15 is 0 Å². The first-order valence-corrected chi connectivity index (χ1v) is 8.15. The number of nitrogens with zero attached hydrogens (tertiary/aromatic N) is 3. The van der Waals surface area contributed by atoms with E-state index < -0.39 is 0 Å². The van der Waals surface area contributed by atoms with E-state index in [9.17, 15) is 10.2 Å². The summed E-state index contributed by atoms with van der Waals surface area (Å²) in [5.41, 5.74) is 0.487. The standard InChI is InChI=1S/C13H15N3O2S2/c1-3-19-12-14-11(15-13(16-12)20-4-2)9-6-5-8(17)7-10(9)18/h5-7,17-18H,3-4H2,1-2H3. The van der Waals surface area contributed by atoms with E-state index in [4.69, 9.17) is 0 Å². The average Bonchev–Trinajstić information content (AvgIpc) is 2.39. The van der Waals surface area contributed by atoms with Crippen LogP contribution in [-0.4, -0.2) is 36.7 Å². The second-order valence-electron chi connectivity index (χ2n) is 3.79. The molecule has 0 unspecified atom stereocenters. The Balaban J connectivity index is 2.48.